The van der Waals surface area contributed by atoms with Gasteiger partial charge in [-0.15, -0.1) is 12.4 Å². The second-order valence-corrected chi connectivity index (χ2v) is 9.90. The van der Waals surface area contributed by atoms with Crippen LogP contribution >= 0.6 is 24.2 Å². The summed E-state index contributed by atoms with van der Waals surface area (Å²) in [6.07, 6.45) is 2.22. The first-order valence-electron chi connectivity index (χ1n) is 11.3. The van der Waals surface area contributed by atoms with Gasteiger partial charge in [0.2, 0.25) is 0 Å². The van der Waals surface area contributed by atoms with E-state index < -0.39 is 15.5 Å². The standard InChI is InChI=1S/C28H28N2O2S.ClH/c29-22-27(23-10-4-1-5-11-23,24-12-6-2-7-13-24)16-19-30-20-17-28(18-21-30,33-26(31)32)25-14-8-3-9-15-25;/h1-15H,16-21H2,(H,31,32);1H. The Balaban J connectivity index is 0.00000324. The van der Waals surface area contributed by atoms with Crippen LogP contribution in [0.2, 0.25) is 0 Å². The molecule has 4 nitrogen and oxygen atoms in total. The summed E-state index contributed by atoms with van der Waals surface area (Å²) in [6, 6.07) is 32.7. The molecule has 0 aromatic heterocycles. The molecule has 0 unspecified atom stereocenters. The average molecular weight is 493 g/mol. The van der Waals surface area contributed by atoms with Crippen LogP contribution in [0.3, 0.4) is 0 Å². The van der Waals surface area contributed by atoms with Crippen molar-refractivity contribution >= 4 is 29.5 Å². The first-order chi connectivity index (χ1) is 16.1. The van der Waals surface area contributed by atoms with Gasteiger partial charge in [-0.25, -0.2) is 4.79 Å². The van der Waals surface area contributed by atoms with Crippen molar-refractivity contribution < 1.29 is 9.90 Å². The van der Waals surface area contributed by atoms with E-state index in [4.69, 9.17) is 0 Å². The van der Waals surface area contributed by atoms with Gasteiger partial charge < -0.3 is 10.0 Å². The third kappa shape index (κ3) is 5.47. The molecule has 1 aliphatic rings. The molecule has 0 amide bonds. The fraction of sp³-hybridized carbons (Fsp3) is 0.286. The highest BCUT2D eigenvalue weighted by Crippen LogP contribution is 2.46. The normalized spacial score (nSPS) is 15.6. The molecule has 1 heterocycles. The molecule has 0 saturated carbocycles. The molecular weight excluding hydrogens is 464 g/mol. The van der Waals surface area contributed by atoms with E-state index in [-0.39, 0.29) is 12.4 Å². The number of hydrogen-bond donors (Lipinski definition) is 1. The predicted molar refractivity (Wildman–Crippen MR) is 141 cm³/mol. The van der Waals surface area contributed by atoms with Crippen LogP contribution in [-0.4, -0.2) is 34.9 Å². The van der Waals surface area contributed by atoms with Gasteiger partial charge in [-0.1, -0.05) is 91.0 Å². The van der Waals surface area contributed by atoms with Crippen molar-refractivity contribution in [1.29, 1.82) is 5.26 Å². The van der Waals surface area contributed by atoms with Crippen molar-refractivity contribution in [3.05, 3.63) is 108 Å². The first-order valence-corrected chi connectivity index (χ1v) is 12.1. The maximum Gasteiger partial charge on any atom is 0.365 e. The number of likely N-dealkylation sites (tertiary alicyclic amines) is 1. The SMILES string of the molecule is Cl.N#CC(CCN1CCC(SC(=O)O)(c2ccccc2)CC1)(c1ccccc1)c1ccccc1. The lowest BCUT2D eigenvalue weighted by Gasteiger charge is -2.41. The van der Waals surface area contributed by atoms with Gasteiger partial charge in [-0.2, -0.15) is 5.26 Å². The minimum atomic E-state index is -0.830. The lowest BCUT2D eigenvalue weighted by Crippen LogP contribution is -2.43. The summed E-state index contributed by atoms with van der Waals surface area (Å²) in [5.74, 6) is 0. The molecule has 6 heteroatoms. The topological polar surface area (TPSA) is 64.3 Å². The van der Waals surface area contributed by atoms with Crippen molar-refractivity contribution in [2.75, 3.05) is 19.6 Å². The van der Waals surface area contributed by atoms with E-state index in [1.54, 1.807) is 0 Å². The lowest BCUT2D eigenvalue weighted by molar-refractivity contribution is 0.190. The van der Waals surface area contributed by atoms with Crippen LogP contribution in [0.4, 0.5) is 4.79 Å². The molecule has 4 rings (SSSR count). The summed E-state index contributed by atoms with van der Waals surface area (Å²) < 4.78 is -0.408. The second-order valence-electron chi connectivity index (χ2n) is 8.57. The highest BCUT2D eigenvalue weighted by molar-refractivity contribution is 8.14. The molecule has 1 saturated heterocycles. The van der Waals surface area contributed by atoms with Crippen molar-refractivity contribution in [2.24, 2.45) is 0 Å². The van der Waals surface area contributed by atoms with Crippen molar-refractivity contribution in [1.82, 2.24) is 4.90 Å². The van der Waals surface area contributed by atoms with Gasteiger partial charge >= 0.3 is 5.30 Å². The molecule has 0 aliphatic carbocycles. The summed E-state index contributed by atoms with van der Waals surface area (Å²) in [6.45, 7) is 2.39. The van der Waals surface area contributed by atoms with Crippen molar-refractivity contribution in [3.63, 3.8) is 0 Å². The monoisotopic (exact) mass is 492 g/mol. The number of carbonyl (C=O) groups is 1. The molecule has 3 aromatic rings. The zero-order valence-corrected chi connectivity index (χ0v) is 20.6. The summed E-state index contributed by atoms with van der Waals surface area (Å²) in [5, 5.41) is 19.1. The first kappa shape index (κ1) is 25.8. The minimum Gasteiger partial charge on any atom is -0.473 e. The number of halogens is 1. The van der Waals surface area contributed by atoms with Gasteiger partial charge in [0, 0.05) is 6.54 Å². The van der Waals surface area contributed by atoms with Crippen LogP contribution in [0.15, 0.2) is 91.0 Å². The van der Waals surface area contributed by atoms with Gasteiger partial charge in [0.25, 0.3) is 0 Å². The third-order valence-corrected chi connectivity index (χ3v) is 7.98. The van der Waals surface area contributed by atoms with Crippen LogP contribution in [0.1, 0.15) is 36.0 Å². The van der Waals surface area contributed by atoms with E-state index in [0.717, 1.165) is 60.9 Å². The maximum absolute atomic E-state index is 11.7. The molecule has 0 bridgehead atoms. The molecule has 0 atom stereocenters. The van der Waals surface area contributed by atoms with Crippen LogP contribution in [0.25, 0.3) is 0 Å². The molecule has 1 N–H and O–H groups in total. The Morgan fingerprint density at radius 2 is 1.38 bits per heavy atom. The predicted octanol–water partition coefficient (Wildman–Crippen LogP) is 6.71. The molecule has 3 aromatic carbocycles. The van der Waals surface area contributed by atoms with Crippen LogP contribution in [0, 0.1) is 11.3 Å². The highest BCUT2D eigenvalue weighted by Gasteiger charge is 2.40. The number of hydrogen-bond acceptors (Lipinski definition) is 4. The quantitative estimate of drug-likeness (QED) is 0.397. The summed E-state index contributed by atoms with van der Waals surface area (Å²) >= 11 is 1.04. The Bertz CT molecular complexity index is 1060. The number of thioether (sulfide) groups is 1. The molecule has 176 valence electrons. The zero-order valence-electron chi connectivity index (χ0n) is 19.0. The Morgan fingerprint density at radius 3 is 1.82 bits per heavy atom. The van der Waals surface area contributed by atoms with E-state index >= 15 is 0 Å². The fourth-order valence-electron chi connectivity index (χ4n) is 4.91. The minimum absolute atomic E-state index is 0. The van der Waals surface area contributed by atoms with Gasteiger partial charge in [0.15, 0.2) is 0 Å². The number of carboxylic acid groups (broad SMARTS) is 1. The van der Waals surface area contributed by atoms with E-state index in [9.17, 15) is 15.2 Å². The van der Waals surface area contributed by atoms with Crippen molar-refractivity contribution in [2.45, 2.75) is 29.4 Å². The van der Waals surface area contributed by atoms with Gasteiger partial charge in [-0.05, 0) is 60.8 Å². The number of piperidine rings is 1. The average Bonchev–Trinajstić information content (AvgIpc) is 2.87. The number of benzene rings is 3. The Labute approximate surface area is 212 Å². The fourth-order valence-corrected chi connectivity index (χ4v) is 5.88. The van der Waals surface area contributed by atoms with E-state index in [1.165, 1.54) is 0 Å². The molecular formula is C28H29ClN2O2S. The summed E-state index contributed by atoms with van der Waals surface area (Å²) in [7, 11) is 0. The number of rotatable bonds is 7. The second kappa shape index (κ2) is 11.6. The Hall–Kier alpha value is -2.78. The third-order valence-electron chi connectivity index (χ3n) is 6.77. The van der Waals surface area contributed by atoms with Gasteiger partial charge in [0.1, 0.15) is 5.41 Å². The van der Waals surface area contributed by atoms with E-state index in [0.29, 0.717) is 6.42 Å². The zero-order chi connectivity index (χ0) is 23.2. The maximum atomic E-state index is 11.7. The van der Waals surface area contributed by atoms with E-state index in [2.05, 4.69) is 11.0 Å². The number of nitrogens with zero attached hydrogens (tertiary/aromatic N) is 2. The molecule has 0 spiro atoms. The Morgan fingerprint density at radius 1 is 0.912 bits per heavy atom. The summed E-state index contributed by atoms with van der Waals surface area (Å²) in [4.78, 5) is 14.0. The van der Waals surface area contributed by atoms with Crippen LogP contribution in [0.5, 0.6) is 0 Å². The van der Waals surface area contributed by atoms with Gasteiger partial charge in [0.05, 0.1) is 10.8 Å². The van der Waals surface area contributed by atoms with Crippen LogP contribution in [-0.2, 0) is 10.2 Å². The van der Waals surface area contributed by atoms with Crippen molar-refractivity contribution in [3.8, 4) is 6.07 Å². The molecule has 0 radical (unpaired) electrons. The molecule has 1 fully saturated rings. The summed E-state index contributed by atoms with van der Waals surface area (Å²) in [5.41, 5.74) is 2.38. The Kier molecular flexibility index (Phi) is 8.79. The molecule has 1 aliphatic heterocycles. The smallest absolute Gasteiger partial charge is 0.365 e. The van der Waals surface area contributed by atoms with Gasteiger partial charge in [-0.3, -0.25) is 0 Å². The lowest BCUT2D eigenvalue weighted by atomic mass is 9.73. The largest absolute Gasteiger partial charge is 0.473 e. The van der Waals surface area contributed by atoms with Crippen LogP contribution < -0.4 is 0 Å². The van der Waals surface area contributed by atoms with E-state index in [1.807, 2.05) is 91.0 Å². The highest BCUT2D eigenvalue weighted by atomic mass is 35.5. The number of nitriles is 1. The molecule has 34 heavy (non-hydrogen) atoms.